The molecule has 0 radical (unpaired) electrons. The number of hydrogen-bond donors (Lipinski definition) is 1. The number of ether oxygens (including phenoxy) is 2. The number of fused-ring (bicyclic) bond motifs is 2. The molecule has 8 heteroatoms. The molecule has 0 spiro atoms. The van der Waals surface area contributed by atoms with Crippen LogP contribution in [0.15, 0.2) is 84.4 Å². The van der Waals surface area contributed by atoms with Crippen molar-refractivity contribution in [2.24, 2.45) is 0 Å². The highest BCUT2D eigenvalue weighted by Gasteiger charge is 2.39. The maximum Gasteiger partial charge on any atom is 0.251 e. The molecule has 3 aromatic rings. The average Bonchev–Trinajstić information content (AvgIpc) is 2.99. The van der Waals surface area contributed by atoms with Gasteiger partial charge in [-0.05, 0) is 53.8 Å². The van der Waals surface area contributed by atoms with Crippen LogP contribution in [0.5, 0.6) is 11.5 Å². The van der Waals surface area contributed by atoms with Crippen molar-refractivity contribution >= 4 is 29.0 Å². The van der Waals surface area contributed by atoms with Gasteiger partial charge in [0.05, 0.1) is 11.1 Å². The van der Waals surface area contributed by atoms with E-state index in [2.05, 4.69) is 17.4 Å². The number of carbonyl (C=O) groups is 2. The van der Waals surface area contributed by atoms with Crippen molar-refractivity contribution in [2.75, 3.05) is 39.9 Å². The minimum absolute atomic E-state index is 0.00525. The number of nitrogens with zero attached hydrogens (tertiary/aromatic N) is 2. The molecule has 2 amide bonds. The molecule has 41 heavy (non-hydrogen) atoms. The molecule has 2 aliphatic rings. The summed E-state index contributed by atoms with van der Waals surface area (Å²) in [4.78, 5) is 29.8. The van der Waals surface area contributed by atoms with Crippen molar-refractivity contribution in [3.8, 4) is 11.5 Å². The van der Waals surface area contributed by atoms with E-state index >= 15 is 0 Å². The monoisotopic (exact) mass is 573 g/mol. The molecule has 2 bridgehead atoms. The molecule has 1 fully saturated rings. The Morgan fingerprint density at radius 2 is 1.66 bits per heavy atom. The van der Waals surface area contributed by atoms with Gasteiger partial charge in [0.2, 0.25) is 5.91 Å². The average molecular weight is 574 g/mol. The number of para-hydroxylation sites is 1. The minimum Gasteiger partial charge on any atom is -0.490 e. The third-order valence-electron chi connectivity index (χ3n) is 7.65. The molecule has 1 N–H and O–H groups in total. The smallest absolute Gasteiger partial charge is 0.251 e. The molecular formula is C33H36ClN3O4. The number of hydrogen-bond acceptors (Lipinski definition) is 5. The van der Waals surface area contributed by atoms with E-state index in [1.165, 1.54) is 5.56 Å². The number of carbonyl (C=O) groups excluding carboxylic acids is 2. The summed E-state index contributed by atoms with van der Waals surface area (Å²) < 4.78 is 11.6. The summed E-state index contributed by atoms with van der Waals surface area (Å²) in [5, 5.41) is 4.18. The lowest BCUT2D eigenvalue weighted by Gasteiger charge is -2.44. The molecule has 2 atom stereocenters. The maximum absolute atomic E-state index is 13.9. The van der Waals surface area contributed by atoms with Crippen LogP contribution in [-0.2, 0) is 16.0 Å². The Hall–Kier alpha value is -3.81. The number of rotatable bonds is 10. The second kappa shape index (κ2) is 13.2. The minimum atomic E-state index is -0.217. The molecule has 2 heterocycles. The molecule has 1 saturated heterocycles. The van der Waals surface area contributed by atoms with Crippen LogP contribution in [0.1, 0.15) is 24.5 Å². The fourth-order valence-corrected chi connectivity index (χ4v) is 5.69. The fraction of sp³-hybridized carbons (Fsp3) is 0.333. The van der Waals surface area contributed by atoms with Crippen LogP contribution < -0.4 is 14.8 Å². The highest BCUT2D eigenvalue weighted by atomic mass is 35.5. The van der Waals surface area contributed by atoms with Crippen molar-refractivity contribution < 1.29 is 19.1 Å². The van der Waals surface area contributed by atoms with Crippen molar-refractivity contribution in [3.63, 3.8) is 0 Å². The van der Waals surface area contributed by atoms with Crippen LogP contribution in [0.25, 0.3) is 5.57 Å². The van der Waals surface area contributed by atoms with Crippen molar-refractivity contribution in [3.05, 3.63) is 101 Å². The van der Waals surface area contributed by atoms with E-state index in [4.69, 9.17) is 21.1 Å². The van der Waals surface area contributed by atoms with E-state index in [1.54, 1.807) is 17.9 Å². The molecule has 214 valence electrons. The highest BCUT2D eigenvalue weighted by molar-refractivity contribution is 6.32. The second-order valence-corrected chi connectivity index (χ2v) is 11.0. The Kier molecular flexibility index (Phi) is 9.27. The first-order chi connectivity index (χ1) is 19.9. The summed E-state index contributed by atoms with van der Waals surface area (Å²) in [6.45, 7) is 4.06. The zero-order chi connectivity index (χ0) is 28.8. The third kappa shape index (κ3) is 7.10. The number of piperazine rings is 1. The van der Waals surface area contributed by atoms with Crippen LogP contribution in [-0.4, -0.2) is 73.6 Å². The predicted molar refractivity (Wildman–Crippen MR) is 161 cm³/mol. The zero-order valence-electron chi connectivity index (χ0n) is 23.5. The zero-order valence-corrected chi connectivity index (χ0v) is 24.3. The highest BCUT2D eigenvalue weighted by Crippen LogP contribution is 2.34. The first kappa shape index (κ1) is 28.7. The molecule has 0 aliphatic carbocycles. The fourth-order valence-electron chi connectivity index (χ4n) is 5.50. The van der Waals surface area contributed by atoms with E-state index in [0.29, 0.717) is 50.0 Å². The maximum atomic E-state index is 13.9. The number of halogens is 1. The van der Waals surface area contributed by atoms with Gasteiger partial charge < -0.3 is 24.6 Å². The van der Waals surface area contributed by atoms with Crippen molar-refractivity contribution in [2.45, 2.75) is 31.8 Å². The summed E-state index contributed by atoms with van der Waals surface area (Å²) >= 11 is 6.15. The quantitative estimate of drug-likeness (QED) is 0.351. The van der Waals surface area contributed by atoms with Gasteiger partial charge in [-0.15, -0.1) is 0 Å². The normalized spacial score (nSPS) is 18.2. The van der Waals surface area contributed by atoms with E-state index in [-0.39, 0.29) is 23.9 Å². The van der Waals surface area contributed by atoms with Crippen molar-refractivity contribution in [1.82, 2.24) is 15.1 Å². The summed E-state index contributed by atoms with van der Waals surface area (Å²) in [6, 6.07) is 25.3. The van der Waals surface area contributed by atoms with E-state index < -0.39 is 0 Å². The summed E-state index contributed by atoms with van der Waals surface area (Å²) in [7, 11) is 1.86. The van der Waals surface area contributed by atoms with E-state index in [0.717, 1.165) is 28.9 Å². The molecule has 7 nitrogen and oxygen atoms in total. The first-order valence-corrected chi connectivity index (χ1v) is 14.4. The van der Waals surface area contributed by atoms with Gasteiger partial charge in [0, 0.05) is 45.2 Å². The third-order valence-corrected chi connectivity index (χ3v) is 7.97. The summed E-state index contributed by atoms with van der Waals surface area (Å²) in [5.41, 5.74) is 3.96. The lowest BCUT2D eigenvalue weighted by molar-refractivity contribution is -0.132. The van der Waals surface area contributed by atoms with Gasteiger partial charge in [0.15, 0.2) is 0 Å². The van der Waals surface area contributed by atoms with Crippen LogP contribution >= 0.6 is 11.6 Å². The molecule has 0 saturated carbocycles. The second-order valence-electron chi connectivity index (χ2n) is 10.6. The lowest BCUT2D eigenvalue weighted by atomic mass is 9.83. The van der Waals surface area contributed by atoms with Crippen LogP contribution in [0.3, 0.4) is 0 Å². The Morgan fingerprint density at radius 1 is 0.951 bits per heavy atom. The Morgan fingerprint density at radius 3 is 2.39 bits per heavy atom. The molecule has 3 aromatic carbocycles. The molecular weight excluding hydrogens is 538 g/mol. The van der Waals surface area contributed by atoms with Crippen LogP contribution in [0, 0.1) is 0 Å². The number of benzene rings is 3. The molecule has 1 unspecified atom stereocenters. The SMILES string of the molecule is CC(=O)N1CC2CC(c3ccc(OCCOc4ccccc4Cl)cc3)=C(C(=O)N(C)CCc3ccccc3)[C@@H](C1)N2. The standard InChI is InChI=1S/C33H36ClN3O4/c1-23(38)37-21-26-20-28(25-12-14-27(15-13-25)40-18-19-41-31-11-7-6-10-29(31)34)32(30(22-37)35-26)33(39)36(2)17-16-24-8-4-3-5-9-24/h3-15,26,30,35H,16-22H2,1-2H3/t26?,30-/m1/s1. The van der Waals surface area contributed by atoms with Gasteiger partial charge in [-0.25, -0.2) is 0 Å². The largest absolute Gasteiger partial charge is 0.490 e. The van der Waals surface area contributed by atoms with Crippen LogP contribution in [0.4, 0.5) is 0 Å². The van der Waals surface area contributed by atoms with Gasteiger partial charge in [-0.3, -0.25) is 9.59 Å². The van der Waals surface area contributed by atoms with Crippen LogP contribution in [0.2, 0.25) is 5.02 Å². The van der Waals surface area contributed by atoms with Gasteiger partial charge in [0.25, 0.3) is 5.91 Å². The first-order valence-electron chi connectivity index (χ1n) is 14.0. The predicted octanol–water partition coefficient (Wildman–Crippen LogP) is 4.85. The lowest BCUT2D eigenvalue weighted by Crippen LogP contribution is -2.61. The Bertz CT molecular complexity index is 1390. The van der Waals surface area contributed by atoms with Gasteiger partial charge in [-0.1, -0.05) is 66.2 Å². The topological polar surface area (TPSA) is 71.1 Å². The molecule has 2 aliphatic heterocycles. The van der Waals surface area contributed by atoms with Crippen molar-refractivity contribution in [1.29, 1.82) is 0 Å². The Labute approximate surface area is 246 Å². The summed E-state index contributed by atoms with van der Waals surface area (Å²) in [6.07, 6.45) is 1.44. The molecule has 0 aromatic heterocycles. The number of amides is 2. The number of likely N-dealkylation sites (N-methyl/N-ethyl adjacent to an activating group) is 1. The van der Waals surface area contributed by atoms with Gasteiger partial charge in [-0.2, -0.15) is 0 Å². The molecule has 5 rings (SSSR count). The number of nitrogens with one attached hydrogen (secondary N) is 1. The van der Waals surface area contributed by atoms with E-state index in [9.17, 15) is 9.59 Å². The van der Waals surface area contributed by atoms with Gasteiger partial charge in [0.1, 0.15) is 24.7 Å². The summed E-state index contributed by atoms with van der Waals surface area (Å²) in [5.74, 6) is 1.39. The van der Waals surface area contributed by atoms with E-state index in [1.807, 2.05) is 72.6 Å². The Balaban J connectivity index is 1.31. The van der Waals surface area contributed by atoms with Gasteiger partial charge >= 0.3 is 0 Å².